The fourth-order valence-electron chi connectivity index (χ4n) is 5.67. The number of rotatable bonds is 8. The van der Waals surface area contributed by atoms with Gasteiger partial charge in [-0.25, -0.2) is 0 Å². The topological polar surface area (TPSA) is 44.8 Å². The molecule has 2 saturated carbocycles. The van der Waals surface area contributed by atoms with Crippen LogP contribution in [-0.4, -0.2) is 31.6 Å². The van der Waals surface area contributed by atoms with E-state index in [1.165, 1.54) is 25.7 Å². The van der Waals surface area contributed by atoms with E-state index >= 15 is 0 Å². The SMILES string of the molecule is CCCCC1(CC)COC(C)(CC(=O)OCC2CC3CC2C(C)C3C)OC1. The van der Waals surface area contributed by atoms with Gasteiger partial charge in [0.25, 0.3) is 0 Å². The van der Waals surface area contributed by atoms with Crippen molar-refractivity contribution in [2.24, 2.45) is 35.0 Å². The molecule has 0 spiro atoms. The zero-order valence-electron chi connectivity index (χ0n) is 18.1. The van der Waals surface area contributed by atoms with E-state index in [4.69, 9.17) is 14.2 Å². The summed E-state index contributed by atoms with van der Waals surface area (Å²) in [5.74, 6) is 2.70. The van der Waals surface area contributed by atoms with Crippen LogP contribution in [-0.2, 0) is 19.0 Å². The smallest absolute Gasteiger partial charge is 0.311 e. The lowest BCUT2D eigenvalue weighted by Crippen LogP contribution is -2.49. The minimum Gasteiger partial charge on any atom is -0.465 e. The van der Waals surface area contributed by atoms with Crippen molar-refractivity contribution in [1.29, 1.82) is 0 Å². The molecule has 0 amide bonds. The summed E-state index contributed by atoms with van der Waals surface area (Å²) in [7, 11) is 0. The van der Waals surface area contributed by atoms with Crippen LogP contribution in [0.2, 0.25) is 0 Å². The van der Waals surface area contributed by atoms with Gasteiger partial charge in [-0.05, 0) is 62.2 Å². The van der Waals surface area contributed by atoms with Crippen LogP contribution in [0, 0.1) is 35.0 Å². The molecule has 5 unspecified atom stereocenters. The molecule has 4 heteroatoms. The van der Waals surface area contributed by atoms with Gasteiger partial charge >= 0.3 is 5.97 Å². The fraction of sp³-hybridized carbons (Fsp3) is 0.957. The molecule has 2 bridgehead atoms. The quantitative estimate of drug-likeness (QED) is 0.543. The maximum atomic E-state index is 12.4. The highest BCUT2D eigenvalue weighted by atomic mass is 16.7. The van der Waals surface area contributed by atoms with Gasteiger partial charge in [0, 0.05) is 5.41 Å². The van der Waals surface area contributed by atoms with E-state index in [0.717, 1.165) is 36.5 Å². The predicted octanol–water partition coefficient (Wildman–Crippen LogP) is 5.20. The number of fused-ring (bicyclic) bond motifs is 2. The molecule has 4 nitrogen and oxygen atoms in total. The lowest BCUT2D eigenvalue weighted by molar-refractivity contribution is -0.298. The van der Waals surface area contributed by atoms with Crippen molar-refractivity contribution in [3.05, 3.63) is 0 Å². The van der Waals surface area contributed by atoms with Crippen molar-refractivity contribution in [2.75, 3.05) is 19.8 Å². The summed E-state index contributed by atoms with van der Waals surface area (Å²) < 4.78 is 17.8. The molecule has 3 aliphatic rings. The Bertz CT molecular complexity index is 507. The van der Waals surface area contributed by atoms with Crippen LogP contribution in [0.3, 0.4) is 0 Å². The number of ether oxygens (including phenoxy) is 3. The van der Waals surface area contributed by atoms with E-state index in [0.29, 0.717) is 25.7 Å². The van der Waals surface area contributed by atoms with E-state index < -0.39 is 5.79 Å². The Labute approximate surface area is 165 Å². The molecule has 156 valence electrons. The Morgan fingerprint density at radius 1 is 1.11 bits per heavy atom. The van der Waals surface area contributed by atoms with Gasteiger partial charge < -0.3 is 14.2 Å². The molecule has 1 saturated heterocycles. The van der Waals surface area contributed by atoms with Crippen molar-refractivity contribution < 1.29 is 19.0 Å². The van der Waals surface area contributed by atoms with Gasteiger partial charge in [0.1, 0.15) is 0 Å². The monoisotopic (exact) mass is 380 g/mol. The van der Waals surface area contributed by atoms with Gasteiger partial charge in [-0.3, -0.25) is 4.79 Å². The van der Waals surface area contributed by atoms with Gasteiger partial charge in [0.15, 0.2) is 5.79 Å². The van der Waals surface area contributed by atoms with Gasteiger partial charge in [-0.15, -0.1) is 0 Å². The molecule has 3 rings (SSSR count). The van der Waals surface area contributed by atoms with E-state index in [1.807, 2.05) is 6.92 Å². The first-order chi connectivity index (χ1) is 12.8. The molecule has 1 heterocycles. The average molecular weight is 381 g/mol. The second-order valence-electron chi connectivity index (χ2n) is 9.90. The maximum Gasteiger partial charge on any atom is 0.311 e. The van der Waals surface area contributed by atoms with E-state index in [1.54, 1.807) is 0 Å². The minimum atomic E-state index is -0.835. The first-order valence-electron chi connectivity index (χ1n) is 11.2. The second kappa shape index (κ2) is 8.41. The van der Waals surface area contributed by atoms with Crippen LogP contribution in [0.25, 0.3) is 0 Å². The molecule has 2 aliphatic carbocycles. The van der Waals surface area contributed by atoms with Crippen molar-refractivity contribution >= 4 is 5.97 Å². The van der Waals surface area contributed by atoms with Crippen LogP contribution in [0.5, 0.6) is 0 Å². The Hall–Kier alpha value is -0.610. The molecule has 1 aliphatic heterocycles. The molecular weight excluding hydrogens is 340 g/mol. The zero-order valence-corrected chi connectivity index (χ0v) is 18.1. The lowest BCUT2D eigenvalue weighted by atomic mass is 9.76. The molecule has 5 atom stereocenters. The van der Waals surface area contributed by atoms with Crippen LogP contribution >= 0.6 is 0 Å². The minimum absolute atomic E-state index is 0.106. The summed E-state index contributed by atoms with van der Waals surface area (Å²) in [6.45, 7) is 13.0. The van der Waals surface area contributed by atoms with Crippen LogP contribution < -0.4 is 0 Å². The van der Waals surface area contributed by atoms with Gasteiger partial charge in [-0.2, -0.15) is 0 Å². The molecular formula is C23H40O4. The summed E-state index contributed by atoms with van der Waals surface area (Å²) in [5, 5.41) is 0. The second-order valence-corrected chi connectivity index (χ2v) is 9.90. The number of esters is 1. The largest absolute Gasteiger partial charge is 0.465 e. The molecule has 0 aromatic heterocycles. The van der Waals surface area contributed by atoms with Gasteiger partial charge in [0.2, 0.25) is 0 Å². The fourth-order valence-corrected chi connectivity index (χ4v) is 5.67. The summed E-state index contributed by atoms with van der Waals surface area (Å²) in [4.78, 5) is 12.4. The maximum absolute atomic E-state index is 12.4. The first kappa shape index (κ1) is 21.1. The van der Waals surface area contributed by atoms with Crippen LogP contribution in [0.1, 0.15) is 79.6 Å². The molecule has 0 aromatic carbocycles. The third kappa shape index (κ3) is 4.53. The molecule has 0 radical (unpaired) electrons. The predicted molar refractivity (Wildman–Crippen MR) is 106 cm³/mol. The van der Waals surface area contributed by atoms with E-state index in [2.05, 4.69) is 27.7 Å². The highest BCUT2D eigenvalue weighted by molar-refractivity contribution is 5.70. The molecule has 0 N–H and O–H groups in total. The number of unbranched alkanes of at least 4 members (excludes halogenated alkanes) is 1. The third-order valence-electron chi connectivity index (χ3n) is 8.14. The summed E-state index contributed by atoms with van der Waals surface area (Å²) in [6.07, 6.45) is 7.30. The van der Waals surface area contributed by atoms with E-state index in [-0.39, 0.29) is 17.8 Å². The Kier molecular flexibility index (Phi) is 6.57. The van der Waals surface area contributed by atoms with Crippen molar-refractivity contribution in [2.45, 2.75) is 85.4 Å². The standard InChI is InChI=1S/C23H40O4/c1-6-8-9-23(7-2)14-26-22(5,27-15-23)12-21(24)25-13-19-10-18-11-20(19)17(4)16(18)3/h16-20H,6-15H2,1-5H3. The molecule has 3 fully saturated rings. The van der Waals surface area contributed by atoms with Crippen LogP contribution in [0.15, 0.2) is 0 Å². The van der Waals surface area contributed by atoms with Crippen molar-refractivity contribution in [1.82, 2.24) is 0 Å². The van der Waals surface area contributed by atoms with Crippen LogP contribution in [0.4, 0.5) is 0 Å². The highest BCUT2D eigenvalue weighted by Gasteiger charge is 2.49. The zero-order chi connectivity index (χ0) is 19.7. The lowest BCUT2D eigenvalue weighted by Gasteiger charge is -2.44. The van der Waals surface area contributed by atoms with Crippen molar-refractivity contribution in [3.63, 3.8) is 0 Å². The number of carbonyl (C=O) groups is 1. The average Bonchev–Trinajstić information content (AvgIpc) is 3.20. The Balaban J connectivity index is 1.43. The third-order valence-corrected chi connectivity index (χ3v) is 8.14. The van der Waals surface area contributed by atoms with Gasteiger partial charge in [0.05, 0.1) is 26.2 Å². The molecule has 27 heavy (non-hydrogen) atoms. The van der Waals surface area contributed by atoms with Crippen molar-refractivity contribution in [3.8, 4) is 0 Å². The highest BCUT2D eigenvalue weighted by Crippen LogP contribution is 2.54. The number of hydrogen-bond acceptors (Lipinski definition) is 4. The Morgan fingerprint density at radius 3 is 2.37 bits per heavy atom. The number of carbonyl (C=O) groups excluding carboxylic acids is 1. The van der Waals surface area contributed by atoms with Gasteiger partial charge in [-0.1, -0.05) is 40.5 Å². The Morgan fingerprint density at radius 2 is 1.81 bits per heavy atom. The summed E-state index contributed by atoms with van der Waals surface area (Å²) >= 11 is 0. The summed E-state index contributed by atoms with van der Waals surface area (Å²) in [6, 6.07) is 0. The first-order valence-corrected chi connectivity index (χ1v) is 11.2. The normalized spacial score (nSPS) is 43.8. The molecule has 0 aromatic rings. The van der Waals surface area contributed by atoms with E-state index in [9.17, 15) is 4.79 Å². The summed E-state index contributed by atoms with van der Waals surface area (Å²) in [5.41, 5.74) is 0.106. The number of hydrogen-bond donors (Lipinski definition) is 0.